The number of amides is 1. The number of pyridine rings is 1. The van der Waals surface area contributed by atoms with Gasteiger partial charge in [-0.25, -0.2) is 4.98 Å². The van der Waals surface area contributed by atoms with E-state index in [4.69, 9.17) is 0 Å². The van der Waals surface area contributed by atoms with Crippen molar-refractivity contribution in [3.8, 4) is 0 Å². The number of anilines is 1. The molecule has 0 aromatic carbocycles. The van der Waals surface area contributed by atoms with Crippen LogP contribution in [-0.4, -0.2) is 10.9 Å². The molecule has 1 atom stereocenters. The van der Waals surface area contributed by atoms with Gasteiger partial charge in [-0.05, 0) is 18.1 Å². The topological polar surface area (TPSA) is 42.0 Å². The molecule has 0 aliphatic heterocycles. The van der Waals surface area contributed by atoms with Gasteiger partial charge in [-0.15, -0.1) is 0 Å². The van der Waals surface area contributed by atoms with Crippen molar-refractivity contribution in [2.45, 2.75) is 26.7 Å². The number of nitrogens with one attached hydrogen (secondary N) is 1. The second kappa shape index (κ2) is 5.44. The zero-order valence-electron chi connectivity index (χ0n) is 8.96. The Balaban J connectivity index is 2.51. The van der Waals surface area contributed by atoms with E-state index < -0.39 is 5.95 Å². The fourth-order valence-electron chi connectivity index (χ4n) is 1.13. The van der Waals surface area contributed by atoms with Crippen molar-refractivity contribution >= 4 is 11.7 Å². The normalized spacial score (nSPS) is 12.2. The Morgan fingerprint density at radius 2 is 2.33 bits per heavy atom. The van der Waals surface area contributed by atoms with Crippen LogP contribution in [0.15, 0.2) is 18.2 Å². The molecule has 0 radical (unpaired) electrons. The molecule has 15 heavy (non-hydrogen) atoms. The third-order valence-electron chi connectivity index (χ3n) is 2.21. The summed E-state index contributed by atoms with van der Waals surface area (Å²) < 4.78 is 12.7. The molecular formula is C11H15FN2O. The minimum Gasteiger partial charge on any atom is -0.311 e. The van der Waals surface area contributed by atoms with E-state index in [2.05, 4.69) is 10.3 Å². The number of rotatable bonds is 4. The summed E-state index contributed by atoms with van der Waals surface area (Å²) in [5.74, 6) is -0.111. The lowest BCUT2D eigenvalue weighted by Crippen LogP contribution is -2.15. The van der Waals surface area contributed by atoms with Crippen LogP contribution in [0.4, 0.5) is 10.2 Å². The number of aromatic nitrogens is 1. The molecule has 1 rings (SSSR count). The fourth-order valence-corrected chi connectivity index (χ4v) is 1.13. The van der Waals surface area contributed by atoms with Crippen molar-refractivity contribution in [2.75, 3.05) is 5.32 Å². The van der Waals surface area contributed by atoms with E-state index in [1.165, 1.54) is 12.1 Å². The number of carbonyl (C=O) groups is 1. The van der Waals surface area contributed by atoms with E-state index in [1.807, 2.05) is 13.8 Å². The highest BCUT2D eigenvalue weighted by molar-refractivity contribution is 5.89. The van der Waals surface area contributed by atoms with Gasteiger partial charge < -0.3 is 5.32 Å². The van der Waals surface area contributed by atoms with Gasteiger partial charge in [0.25, 0.3) is 0 Å². The monoisotopic (exact) mass is 210 g/mol. The highest BCUT2D eigenvalue weighted by Gasteiger charge is 2.08. The molecule has 1 heterocycles. The van der Waals surface area contributed by atoms with Crippen LogP contribution in [0.1, 0.15) is 26.7 Å². The first kappa shape index (κ1) is 11.6. The number of carbonyl (C=O) groups excluding carboxylic acids is 1. The third kappa shape index (κ3) is 4.06. The molecule has 0 spiro atoms. The van der Waals surface area contributed by atoms with Gasteiger partial charge in [0.15, 0.2) is 0 Å². The molecule has 1 N–H and O–H groups in total. The summed E-state index contributed by atoms with van der Waals surface area (Å²) >= 11 is 0. The van der Waals surface area contributed by atoms with Crippen LogP contribution in [0, 0.1) is 11.9 Å². The summed E-state index contributed by atoms with van der Waals surface area (Å²) in [6, 6.07) is 4.32. The Morgan fingerprint density at radius 1 is 1.60 bits per heavy atom. The van der Waals surface area contributed by atoms with E-state index in [0.717, 1.165) is 6.42 Å². The van der Waals surface area contributed by atoms with Gasteiger partial charge in [0.1, 0.15) is 5.82 Å². The molecule has 3 nitrogen and oxygen atoms in total. The van der Waals surface area contributed by atoms with Gasteiger partial charge in [-0.3, -0.25) is 4.79 Å². The van der Waals surface area contributed by atoms with Gasteiger partial charge in [0.05, 0.1) is 0 Å². The number of hydrogen-bond donors (Lipinski definition) is 1. The van der Waals surface area contributed by atoms with Crippen molar-refractivity contribution < 1.29 is 9.18 Å². The minimum atomic E-state index is -0.587. The second-order valence-corrected chi connectivity index (χ2v) is 3.61. The predicted molar refractivity (Wildman–Crippen MR) is 56.9 cm³/mol. The van der Waals surface area contributed by atoms with Gasteiger partial charge in [0, 0.05) is 6.42 Å². The second-order valence-electron chi connectivity index (χ2n) is 3.61. The van der Waals surface area contributed by atoms with E-state index in [-0.39, 0.29) is 11.7 Å². The first-order valence-electron chi connectivity index (χ1n) is 5.04. The molecule has 82 valence electrons. The Labute approximate surface area is 88.7 Å². The van der Waals surface area contributed by atoms with Crippen LogP contribution in [0.5, 0.6) is 0 Å². The summed E-state index contributed by atoms with van der Waals surface area (Å²) in [5.41, 5.74) is 0. The summed E-state index contributed by atoms with van der Waals surface area (Å²) in [5, 5.41) is 2.56. The zero-order valence-corrected chi connectivity index (χ0v) is 8.96. The Bertz CT molecular complexity index is 341. The molecule has 1 aromatic rings. The van der Waals surface area contributed by atoms with Crippen LogP contribution in [0.2, 0.25) is 0 Å². The molecule has 4 heteroatoms. The van der Waals surface area contributed by atoms with Gasteiger partial charge in [-0.1, -0.05) is 26.3 Å². The quantitative estimate of drug-likeness (QED) is 0.776. The summed E-state index contributed by atoms with van der Waals surface area (Å²) in [6.45, 7) is 4.02. The molecular weight excluding hydrogens is 195 g/mol. The van der Waals surface area contributed by atoms with Gasteiger partial charge in [0.2, 0.25) is 11.9 Å². The van der Waals surface area contributed by atoms with E-state index in [9.17, 15) is 9.18 Å². The van der Waals surface area contributed by atoms with Crippen molar-refractivity contribution in [1.29, 1.82) is 0 Å². The molecule has 0 fully saturated rings. The first-order chi connectivity index (χ1) is 7.11. The third-order valence-corrected chi connectivity index (χ3v) is 2.21. The lowest BCUT2D eigenvalue weighted by atomic mass is 10.1. The molecule has 0 aliphatic rings. The molecule has 1 aromatic heterocycles. The molecule has 0 saturated carbocycles. The summed E-state index contributed by atoms with van der Waals surface area (Å²) in [6.07, 6.45) is 1.39. The van der Waals surface area contributed by atoms with E-state index >= 15 is 0 Å². The molecule has 1 amide bonds. The van der Waals surface area contributed by atoms with Gasteiger partial charge in [-0.2, -0.15) is 4.39 Å². The maximum Gasteiger partial charge on any atom is 0.225 e. The Hall–Kier alpha value is -1.45. The molecule has 1 unspecified atom stereocenters. The zero-order chi connectivity index (χ0) is 11.3. The fraction of sp³-hybridized carbons (Fsp3) is 0.455. The lowest BCUT2D eigenvalue weighted by molar-refractivity contribution is -0.117. The largest absolute Gasteiger partial charge is 0.311 e. The minimum absolute atomic E-state index is 0.123. The molecule has 0 saturated heterocycles. The van der Waals surface area contributed by atoms with Crippen LogP contribution in [0.25, 0.3) is 0 Å². The van der Waals surface area contributed by atoms with E-state index in [1.54, 1.807) is 6.07 Å². The lowest BCUT2D eigenvalue weighted by Gasteiger charge is -2.08. The first-order valence-corrected chi connectivity index (χ1v) is 5.04. The van der Waals surface area contributed by atoms with Crippen LogP contribution in [0.3, 0.4) is 0 Å². The predicted octanol–water partition coefficient (Wildman–Crippen LogP) is 2.60. The number of hydrogen-bond acceptors (Lipinski definition) is 2. The SMILES string of the molecule is CCC(C)CC(=O)Nc1cccc(F)n1. The van der Waals surface area contributed by atoms with Crippen molar-refractivity contribution in [2.24, 2.45) is 5.92 Å². The Morgan fingerprint density at radius 3 is 2.93 bits per heavy atom. The average molecular weight is 210 g/mol. The van der Waals surface area contributed by atoms with Crippen LogP contribution >= 0.6 is 0 Å². The highest BCUT2D eigenvalue weighted by Crippen LogP contribution is 2.09. The standard InChI is InChI=1S/C11H15FN2O/c1-3-8(2)7-11(15)14-10-6-4-5-9(12)13-10/h4-6,8H,3,7H2,1-2H3,(H,13,14,15). The van der Waals surface area contributed by atoms with E-state index in [0.29, 0.717) is 12.3 Å². The number of halogens is 1. The maximum atomic E-state index is 12.7. The molecule has 0 aliphatic carbocycles. The summed E-state index contributed by atoms with van der Waals surface area (Å²) in [4.78, 5) is 15.0. The Kier molecular flexibility index (Phi) is 4.21. The number of nitrogens with zero attached hydrogens (tertiary/aromatic N) is 1. The van der Waals surface area contributed by atoms with Gasteiger partial charge >= 0.3 is 0 Å². The van der Waals surface area contributed by atoms with Crippen molar-refractivity contribution in [3.63, 3.8) is 0 Å². The summed E-state index contributed by atoms with van der Waals surface area (Å²) in [7, 11) is 0. The smallest absolute Gasteiger partial charge is 0.225 e. The van der Waals surface area contributed by atoms with Crippen molar-refractivity contribution in [1.82, 2.24) is 4.98 Å². The van der Waals surface area contributed by atoms with Crippen LogP contribution < -0.4 is 5.32 Å². The molecule has 0 bridgehead atoms. The maximum absolute atomic E-state index is 12.7. The average Bonchev–Trinajstić information content (AvgIpc) is 2.17. The highest BCUT2D eigenvalue weighted by atomic mass is 19.1. The van der Waals surface area contributed by atoms with Crippen molar-refractivity contribution in [3.05, 3.63) is 24.1 Å². The van der Waals surface area contributed by atoms with Crippen LogP contribution in [-0.2, 0) is 4.79 Å².